The van der Waals surface area contributed by atoms with Crippen molar-refractivity contribution in [1.82, 2.24) is 14.8 Å². The van der Waals surface area contributed by atoms with Crippen molar-refractivity contribution in [3.8, 4) is 17.1 Å². The number of ether oxygens (including phenoxy) is 1. The molecule has 1 N–H and O–H groups in total. The second-order valence-corrected chi connectivity index (χ2v) is 6.94. The number of hydrogen-bond donors (Lipinski definition) is 1. The Balaban J connectivity index is 1.33. The van der Waals surface area contributed by atoms with E-state index in [1.807, 2.05) is 54.6 Å². The van der Waals surface area contributed by atoms with Crippen LogP contribution in [0.25, 0.3) is 11.4 Å². The van der Waals surface area contributed by atoms with Crippen molar-refractivity contribution < 1.29 is 9.53 Å². The van der Waals surface area contributed by atoms with Gasteiger partial charge in [0.1, 0.15) is 11.6 Å². The maximum absolute atomic E-state index is 12.1. The summed E-state index contributed by atoms with van der Waals surface area (Å²) in [7, 11) is 0. The van der Waals surface area contributed by atoms with Gasteiger partial charge in [0, 0.05) is 24.2 Å². The molecule has 0 atom stereocenters. The SMILES string of the molecule is O=C(CCOc1ccccc1)Nc1ccc(-c2nnc3n2CCCCC3)cc1. The summed E-state index contributed by atoms with van der Waals surface area (Å²) in [6.45, 7) is 1.32. The Bertz CT molecular complexity index is 919. The second-order valence-electron chi connectivity index (χ2n) is 6.94. The molecule has 0 fully saturated rings. The third-order valence-corrected chi connectivity index (χ3v) is 4.88. The topological polar surface area (TPSA) is 69.0 Å². The van der Waals surface area contributed by atoms with E-state index >= 15 is 0 Å². The average molecular weight is 376 g/mol. The molecule has 0 radical (unpaired) electrons. The van der Waals surface area contributed by atoms with Gasteiger partial charge in [0.2, 0.25) is 5.91 Å². The number of nitrogens with zero attached hydrogens (tertiary/aromatic N) is 3. The van der Waals surface area contributed by atoms with E-state index in [9.17, 15) is 4.79 Å². The number of carbonyl (C=O) groups is 1. The van der Waals surface area contributed by atoms with E-state index in [0.717, 1.165) is 48.0 Å². The fourth-order valence-electron chi connectivity index (χ4n) is 3.40. The van der Waals surface area contributed by atoms with Crippen LogP contribution in [-0.4, -0.2) is 27.3 Å². The van der Waals surface area contributed by atoms with E-state index < -0.39 is 0 Å². The molecule has 1 aliphatic heterocycles. The van der Waals surface area contributed by atoms with Crippen LogP contribution >= 0.6 is 0 Å². The third-order valence-electron chi connectivity index (χ3n) is 4.88. The van der Waals surface area contributed by atoms with Crippen LogP contribution in [-0.2, 0) is 17.8 Å². The monoisotopic (exact) mass is 376 g/mol. The molecule has 2 heterocycles. The summed E-state index contributed by atoms with van der Waals surface area (Å²) in [6, 6.07) is 17.3. The standard InChI is InChI=1S/C22H24N4O2/c27-21(14-16-28-19-7-3-1-4-8-19)23-18-12-10-17(11-13-18)22-25-24-20-9-5-2-6-15-26(20)22/h1,3-4,7-8,10-13H,2,5-6,9,14-16H2,(H,23,27). The van der Waals surface area contributed by atoms with Crippen LogP contribution in [0.15, 0.2) is 54.6 Å². The van der Waals surface area contributed by atoms with Gasteiger partial charge in [-0.15, -0.1) is 10.2 Å². The molecule has 0 saturated carbocycles. The molecule has 0 saturated heterocycles. The Labute approximate surface area is 164 Å². The quantitative estimate of drug-likeness (QED) is 0.704. The minimum atomic E-state index is -0.0694. The number of para-hydroxylation sites is 1. The second kappa shape index (κ2) is 8.69. The maximum Gasteiger partial charge on any atom is 0.227 e. The lowest BCUT2D eigenvalue weighted by Gasteiger charge is -2.09. The molecule has 0 unspecified atom stereocenters. The molecule has 2 aromatic carbocycles. The van der Waals surface area contributed by atoms with Crippen LogP contribution in [0.5, 0.6) is 5.75 Å². The number of aromatic nitrogens is 3. The van der Waals surface area contributed by atoms with Crippen molar-refractivity contribution >= 4 is 11.6 Å². The van der Waals surface area contributed by atoms with Crippen LogP contribution < -0.4 is 10.1 Å². The average Bonchev–Trinajstić information content (AvgIpc) is 2.97. The number of amides is 1. The third kappa shape index (κ3) is 4.39. The molecular weight excluding hydrogens is 352 g/mol. The maximum atomic E-state index is 12.1. The van der Waals surface area contributed by atoms with Crippen LogP contribution in [0.2, 0.25) is 0 Å². The van der Waals surface area contributed by atoms with E-state index in [1.165, 1.54) is 12.8 Å². The highest BCUT2D eigenvalue weighted by Gasteiger charge is 2.16. The fourth-order valence-corrected chi connectivity index (χ4v) is 3.40. The van der Waals surface area contributed by atoms with Gasteiger partial charge >= 0.3 is 0 Å². The van der Waals surface area contributed by atoms with Gasteiger partial charge in [-0.1, -0.05) is 24.6 Å². The Morgan fingerprint density at radius 1 is 1.00 bits per heavy atom. The molecule has 144 valence electrons. The zero-order valence-electron chi connectivity index (χ0n) is 15.8. The van der Waals surface area contributed by atoms with Gasteiger partial charge in [-0.3, -0.25) is 4.79 Å². The highest BCUT2D eigenvalue weighted by Crippen LogP contribution is 2.24. The van der Waals surface area contributed by atoms with Crippen LogP contribution in [0.4, 0.5) is 5.69 Å². The van der Waals surface area contributed by atoms with Crippen molar-refractivity contribution in [2.45, 2.75) is 38.6 Å². The normalized spacial score (nSPS) is 13.4. The Morgan fingerprint density at radius 2 is 1.82 bits per heavy atom. The number of benzene rings is 2. The largest absolute Gasteiger partial charge is 0.493 e. The zero-order chi connectivity index (χ0) is 19.2. The molecule has 0 spiro atoms. The van der Waals surface area contributed by atoms with Gasteiger partial charge in [0.25, 0.3) is 0 Å². The lowest BCUT2D eigenvalue weighted by molar-refractivity contribution is -0.116. The fraction of sp³-hybridized carbons (Fsp3) is 0.318. The number of fused-ring (bicyclic) bond motifs is 1. The van der Waals surface area contributed by atoms with Gasteiger partial charge in [0.15, 0.2) is 5.82 Å². The van der Waals surface area contributed by atoms with E-state index in [1.54, 1.807) is 0 Å². The number of aryl methyl sites for hydroxylation is 1. The summed E-state index contributed by atoms with van der Waals surface area (Å²) in [5.41, 5.74) is 1.79. The molecule has 0 bridgehead atoms. The summed E-state index contributed by atoms with van der Waals surface area (Å²) in [5.74, 6) is 2.68. The van der Waals surface area contributed by atoms with Crippen molar-refractivity contribution in [1.29, 1.82) is 0 Å². The molecule has 1 aliphatic rings. The first kappa shape index (κ1) is 18.2. The molecule has 6 nitrogen and oxygen atoms in total. The lowest BCUT2D eigenvalue weighted by atomic mass is 10.2. The smallest absolute Gasteiger partial charge is 0.227 e. The van der Waals surface area contributed by atoms with Gasteiger partial charge in [-0.05, 0) is 49.2 Å². The molecule has 6 heteroatoms. The number of carbonyl (C=O) groups excluding carboxylic acids is 1. The Morgan fingerprint density at radius 3 is 2.64 bits per heavy atom. The first-order valence-corrected chi connectivity index (χ1v) is 9.80. The highest BCUT2D eigenvalue weighted by molar-refractivity contribution is 5.91. The highest BCUT2D eigenvalue weighted by atomic mass is 16.5. The van der Waals surface area contributed by atoms with Crippen LogP contribution in [0.3, 0.4) is 0 Å². The van der Waals surface area contributed by atoms with Crippen molar-refractivity contribution in [2.24, 2.45) is 0 Å². The lowest BCUT2D eigenvalue weighted by Crippen LogP contribution is -2.15. The minimum absolute atomic E-state index is 0.0694. The van der Waals surface area contributed by atoms with Gasteiger partial charge in [0.05, 0.1) is 13.0 Å². The van der Waals surface area contributed by atoms with Crippen LogP contribution in [0, 0.1) is 0 Å². The molecular formula is C22H24N4O2. The van der Waals surface area contributed by atoms with Crippen molar-refractivity contribution in [3.05, 3.63) is 60.4 Å². The predicted octanol–water partition coefficient (Wildman–Crippen LogP) is 4.08. The molecule has 4 rings (SSSR count). The van der Waals surface area contributed by atoms with E-state index in [2.05, 4.69) is 20.1 Å². The summed E-state index contributed by atoms with van der Waals surface area (Å²) in [4.78, 5) is 12.1. The first-order valence-electron chi connectivity index (χ1n) is 9.80. The number of nitrogens with one attached hydrogen (secondary N) is 1. The number of anilines is 1. The number of rotatable bonds is 6. The molecule has 3 aromatic rings. The molecule has 1 aromatic heterocycles. The van der Waals surface area contributed by atoms with Crippen molar-refractivity contribution in [3.63, 3.8) is 0 Å². The zero-order valence-corrected chi connectivity index (χ0v) is 15.8. The van der Waals surface area contributed by atoms with Crippen LogP contribution in [0.1, 0.15) is 31.5 Å². The number of hydrogen-bond acceptors (Lipinski definition) is 4. The minimum Gasteiger partial charge on any atom is -0.493 e. The summed E-state index contributed by atoms with van der Waals surface area (Å²) >= 11 is 0. The van der Waals surface area contributed by atoms with E-state index in [0.29, 0.717) is 13.0 Å². The Kier molecular flexibility index (Phi) is 5.66. The molecule has 1 amide bonds. The molecule has 0 aliphatic carbocycles. The van der Waals surface area contributed by atoms with Crippen molar-refractivity contribution in [2.75, 3.05) is 11.9 Å². The van der Waals surface area contributed by atoms with Gasteiger partial charge < -0.3 is 14.6 Å². The predicted molar refractivity (Wildman–Crippen MR) is 108 cm³/mol. The van der Waals surface area contributed by atoms with Gasteiger partial charge in [-0.25, -0.2) is 0 Å². The summed E-state index contributed by atoms with van der Waals surface area (Å²) in [5, 5.41) is 11.6. The summed E-state index contributed by atoms with van der Waals surface area (Å²) < 4.78 is 7.79. The first-order chi connectivity index (χ1) is 13.8. The Hall–Kier alpha value is -3.15. The van der Waals surface area contributed by atoms with E-state index in [-0.39, 0.29) is 5.91 Å². The van der Waals surface area contributed by atoms with E-state index in [4.69, 9.17) is 4.74 Å². The summed E-state index contributed by atoms with van der Waals surface area (Å²) in [6.07, 6.45) is 4.87. The van der Waals surface area contributed by atoms with Gasteiger partial charge in [-0.2, -0.15) is 0 Å². The molecule has 28 heavy (non-hydrogen) atoms.